The molecule has 0 aromatic carbocycles. The summed E-state index contributed by atoms with van der Waals surface area (Å²) >= 11 is 0. The van der Waals surface area contributed by atoms with Gasteiger partial charge in [-0.25, -0.2) is 0 Å². The number of piperidine rings is 1. The highest BCUT2D eigenvalue weighted by molar-refractivity contribution is 5.82. The summed E-state index contributed by atoms with van der Waals surface area (Å²) in [5.74, 6) is 1.01. The number of amides is 1. The first-order valence-electron chi connectivity index (χ1n) is 7.29. The zero-order chi connectivity index (χ0) is 13.0. The van der Waals surface area contributed by atoms with Gasteiger partial charge in [-0.3, -0.25) is 4.79 Å². The normalized spacial score (nSPS) is 28.1. The van der Waals surface area contributed by atoms with Crippen molar-refractivity contribution in [2.24, 2.45) is 5.92 Å². The standard InChI is InChI=1S/C14H26N2O2/c1-3-11-6-7-15-13(10-11)14(17)16(8-9-18-2)12-4-5-12/h11-13,15H,3-10H2,1-2H3. The summed E-state index contributed by atoms with van der Waals surface area (Å²) in [6, 6.07) is 0.526. The van der Waals surface area contributed by atoms with Crippen LogP contribution in [0.3, 0.4) is 0 Å². The van der Waals surface area contributed by atoms with E-state index in [1.54, 1.807) is 7.11 Å². The van der Waals surface area contributed by atoms with Crippen LogP contribution in [0.15, 0.2) is 0 Å². The number of hydrogen-bond donors (Lipinski definition) is 1. The summed E-state index contributed by atoms with van der Waals surface area (Å²) in [6.45, 7) is 4.60. The zero-order valence-electron chi connectivity index (χ0n) is 11.7. The zero-order valence-corrected chi connectivity index (χ0v) is 11.7. The summed E-state index contributed by atoms with van der Waals surface area (Å²) in [4.78, 5) is 14.6. The van der Waals surface area contributed by atoms with Gasteiger partial charge in [-0.15, -0.1) is 0 Å². The molecule has 2 atom stereocenters. The maximum Gasteiger partial charge on any atom is 0.240 e. The number of rotatable bonds is 6. The van der Waals surface area contributed by atoms with Crippen molar-refractivity contribution in [2.75, 3.05) is 26.8 Å². The van der Waals surface area contributed by atoms with Crippen LogP contribution in [0.25, 0.3) is 0 Å². The maximum atomic E-state index is 12.6. The van der Waals surface area contributed by atoms with Gasteiger partial charge in [0.05, 0.1) is 12.6 Å². The average molecular weight is 254 g/mol. The number of ether oxygens (including phenoxy) is 1. The molecular weight excluding hydrogens is 228 g/mol. The molecule has 1 N–H and O–H groups in total. The van der Waals surface area contributed by atoms with Gasteiger partial charge in [0.25, 0.3) is 0 Å². The van der Waals surface area contributed by atoms with Crippen LogP contribution in [-0.4, -0.2) is 49.7 Å². The van der Waals surface area contributed by atoms with Gasteiger partial charge in [0, 0.05) is 19.7 Å². The molecule has 0 aromatic rings. The predicted molar refractivity (Wildman–Crippen MR) is 71.4 cm³/mol. The first-order chi connectivity index (χ1) is 8.76. The number of hydrogen-bond acceptors (Lipinski definition) is 3. The molecule has 0 bridgehead atoms. The van der Waals surface area contributed by atoms with E-state index in [1.807, 2.05) is 4.90 Å². The molecule has 0 aromatic heterocycles. The van der Waals surface area contributed by atoms with Crippen molar-refractivity contribution in [1.82, 2.24) is 10.2 Å². The predicted octanol–water partition coefficient (Wildman–Crippen LogP) is 1.40. The summed E-state index contributed by atoms with van der Waals surface area (Å²) < 4.78 is 5.12. The van der Waals surface area contributed by atoms with Crippen molar-refractivity contribution >= 4 is 5.91 Å². The molecule has 104 valence electrons. The van der Waals surface area contributed by atoms with Gasteiger partial charge >= 0.3 is 0 Å². The fraction of sp³-hybridized carbons (Fsp3) is 0.929. The summed E-state index contributed by atoms with van der Waals surface area (Å²) in [5, 5.41) is 3.39. The van der Waals surface area contributed by atoms with Crippen LogP contribution in [-0.2, 0) is 9.53 Å². The lowest BCUT2D eigenvalue weighted by Crippen LogP contribution is -2.51. The van der Waals surface area contributed by atoms with E-state index in [0.29, 0.717) is 24.5 Å². The minimum atomic E-state index is 0.0427. The Kier molecular flexibility index (Phi) is 5.01. The minimum absolute atomic E-state index is 0.0427. The topological polar surface area (TPSA) is 41.6 Å². The van der Waals surface area contributed by atoms with Crippen molar-refractivity contribution in [2.45, 2.75) is 51.1 Å². The number of methoxy groups -OCH3 is 1. The van der Waals surface area contributed by atoms with Crippen LogP contribution in [0.2, 0.25) is 0 Å². The van der Waals surface area contributed by atoms with E-state index in [0.717, 1.165) is 19.5 Å². The highest BCUT2D eigenvalue weighted by Crippen LogP contribution is 2.29. The van der Waals surface area contributed by atoms with Crippen LogP contribution in [0.5, 0.6) is 0 Å². The molecule has 2 rings (SSSR count). The van der Waals surface area contributed by atoms with E-state index in [-0.39, 0.29) is 6.04 Å². The monoisotopic (exact) mass is 254 g/mol. The van der Waals surface area contributed by atoms with Gasteiger partial charge in [-0.2, -0.15) is 0 Å². The number of carbonyl (C=O) groups excluding carboxylic acids is 1. The molecule has 18 heavy (non-hydrogen) atoms. The van der Waals surface area contributed by atoms with Crippen molar-refractivity contribution in [1.29, 1.82) is 0 Å². The molecule has 1 heterocycles. The Labute approximate surface area is 110 Å². The Morgan fingerprint density at radius 2 is 2.17 bits per heavy atom. The molecule has 4 nitrogen and oxygen atoms in total. The highest BCUT2D eigenvalue weighted by Gasteiger charge is 2.36. The van der Waals surface area contributed by atoms with Crippen LogP contribution < -0.4 is 5.32 Å². The molecule has 2 unspecified atom stereocenters. The van der Waals surface area contributed by atoms with Gasteiger partial charge in [0.15, 0.2) is 0 Å². The molecular formula is C14H26N2O2. The van der Waals surface area contributed by atoms with Crippen LogP contribution in [0.1, 0.15) is 39.0 Å². The number of nitrogens with one attached hydrogen (secondary N) is 1. The molecule has 4 heteroatoms. The second-order valence-electron chi connectivity index (χ2n) is 5.56. The Morgan fingerprint density at radius 3 is 2.78 bits per heavy atom. The van der Waals surface area contributed by atoms with Crippen LogP contribution in [0, 0.1) is 5.92 Å². The van der Waals surface area contributed by atoms with Crippen molar-refractivity contribution in [3.05, 3.63) is 0 Å². The third-order valence-electron chi connectivity index (χ3n) is 4.19. The fourth-order valence-electron chi connectivity index (χ4n) is 2.80. The minimum Gasteiger partial charge on any atom is -0.383 e. The molecule has 2 fully saturated rings. The first kappa shape index (κ1) is 13.8. The third-order valence-corrected chi connectivity index (χ3v) is 4.19. The maximum absolute atomic E-state index is 12.6. The number of carbonyl (C=O) groups is 1. The van der Waals surface area contributed by atoms with Gasteiger partial charge in [0.2, 0.25) is 5.91 Å². The van der Waals surface area contributed by atoms with E-state index >= 15 is 0 Å². The Bertz CT molecular complexity index is 279. The molecule has 1 aliphatic carbocycles. The quantitative estimate of drug-likeness (QED) is 0.779. The molecule has 0 spiro atoms. The van der Waals surface area contributed by atoms with E-state index in [2.05, 4.69) is 12.2 Å². The Morgan fingerprint density at radius 1 is 1.39 bits per heavy atom. The Balaban J connectivity index is 1.90. The first-order valence-corrected chi connectivity index (χ1v) is 7.29. The van der Waals surface area contributed by atoms with E-state index in [1.165, 1.54) is 25.7 Å². The smallest absolute Gasteiger partial charge is 0.240 e. The molecule has 1 amide bonds. The number of nitrogens with zero attached hydrogens (tertiary/aromatic N) is 1. The van der Waals surface area contributed by atoms with E-state index < -0.39 is 0 Å². The lowest BCUT2D eigenvalue weighted by atomic mass is 9.90. The van der Waals surface area contributed by atoms with Gasteiger partial charge in [-0.05, 0) is 38.1 Å². The average Bonchev–Trinajstić information content (AvgIpc) is 3.23. The van der Waals surface area contributed by atoms with Crippen molar-refractivity contribution < 1.29 is 9.53 Å². The highest BCUT2D eigenvalue weighted by atomic mass is 16.5. The molecule has 2 aliphatic rings. The summed E-state index contributed by atoms with van der Waals surface area (Å²) in [6.07, 6.45) is 5.74. The molecule has 1 saturated carbocycles. The van der Waals surface area contributed by atoms with Gasteiger partial charge in [-0.1, -0.05) is 13.3 Å². The van der Waals surface area contributed by atoms with Crippen LogP contribution in [0.4, 0.5) is 0 Å². The lowest BCUT2D eigenvalue weighted by Gasteiger charge is -2.33. The second-order valence-corrected chi connectivity index (χ2v) is 5.56. The third kappa shape index (κ3) is 3.45. The fourth-order valence-corrected chi connectivity index (χ4v) is 2.80. The van der Waals surface area contributed by atoms with Crippen molar-refractivity contribution in [3.8, 4) is 0 Å². The second kappa shape index (κ2) is 6.53. The molecule has 1 aliphatic heterocycles. The SMILES string of the molecule is CCC1CCNC(C(=O)N(CCOC)C2CC2)C1. The van der Waals surface area contributed by atoms with Crippen molar-refractivity contribution in [3.63, 3.8) is 0 Å². The lowest BCUT2D eigenvalue weighted by molar-refractivity contribution is -0.135. The van der Waals surface area contributed by atoms with Gasteiger partial charge in [0.1, 0.15) is 0 Å². The summed E-state index contributed by atoms with van der Waals surface area (Å²) in [5.41, 5.74) is 0. The van der Waals surface area contributed by atoms with Gasteiger partial charge < -0.3 is 15.0 Å². The van der Waals surface area contributed by atoms with Crippen LogP contribution >= 0.6 is 0 Å². The van der Waals surface area contributed by atoms with E-state index in [4.69, 9.17) is 4.74 Å². The largest absolute Gasteiger partial charge is 0.383 e. The Hall–Kier alpha value is -0.610. The molecule has 1 saturated heterocycles. The van der Waals surface area contributed by atoms with E-state index in [9.17, 15) is 4.79 Å². The molecule has 0 radical (unpaired) electrons. The summed E-state index contributed by atoms with van der Waals surface area (Å²) in [7, 11) is 1.70.